The molecule has 0 radical (unpaired) electrons. The predicted octanol–water partition coefficient (Wildman–Crippen LogP) is 2.63. The normalized spacial score (nSPS) is 13.0. The second kappa shape index (κ2) is 6.09. The van der Waals surface area contributed by atoms with Crippen LogP contribution in [0.1, 0.15) is 23.4 Å². The van der Waals surface area contributed by atoms with Gasteiger partial charge in [-0.3, -0.25) is 4.79 Å². The Morgan fingerprint density at radius 2 is 2.00 bits per heavy atom. The molecule has 1 amide bonds. The summed E-state index contributed by atoms with van der Waals surface area (Å²) in [5, 5.41) is 6.76. The van der Waals surface area contributed by atoms with Crippen LogP contribution in [0.4, 0.5) is 5.69 Å². The standard InChI is InChI=1S/C16H18N2O4/c1-10-13(11(2)22-18-10)4-6-16(19)17-12-3-5-14-15(9-12)21-8-7-20-14/h3,5,9H,4,6-8H2,1-2H3,(H,17,19). The van der Waals surface area contributed by atoms with E-state index >= 15 is 0 Å². The van der Waals surface area contributed by atoms with Crippen molar-refractivity contribution in [2.24, 2.45) is 0 Å². The van der Waals surface area contributed by atoms with E-state index in [0.29, 0.717) is 43.2 Å². The Morgan fingerprint density at radius 3 is 2.73 bits per heavy atom. The molecule has 0 atom stereocenters. The Hall–Kier alpha value is -2.50. The number of carbonyl (C=O) groups excluding carboxylic acids is 1. The number of aromatic nitrogens is 1. The Kier molecular flexibility index (Phi) is 4.00. The molecule has 0 spiro atoms. The van der Waals surface area contributed by atoms with Crippen LogP contribution in [0.25, 0.3) is 0 Å². The van der Waals surface area contributed by atoms with Crippen LogP contribution in [0.3, 0.4) is 0 Å². The lowest BCUT2D eigenvalue weighted by atomic mass is 10.1. The molecule has 0 bridgehead atoms. The molecule has 3 rings (SSSR count). The van der Waals surface area contributed by atoms with E-state index in [2.05, 4.69) is 10.5 Å². The first kappa shape index (κ1) is 14.4. The average molecular weight is 302 g/mol. The zero-order chi connectivity index (χ0) is 15.5. The predicted molar refractivity (Wildman–Crippen MR) is 80.4 cm³/mol. The second-order valence-corrected chi connectivity index (χ2v) is 5.21. The molecule has 0 unspecified atom stereocenters. The number of nitrogens with zero attached hydrogens (tertiary/aromatic N) is 1. The minimum atomic E-state index is -0.0586. The Labute approximate surface area is 128 Å². The van der Waals surface area contributed by atoms with Crippen molar-refractivity contribution < 1.29 is 18.8 Å². The minimum absolute atomic E-state index is 0.0586. The van der Waals surface area contributed by atoms with Crippen molar-refractivity contribution in [2.75, 3.05) is 18.5 Å². The molecule has 6 nitrogen and oxygen atoms in total. The van der Waals surface area contributed by atoms with Crippen LogP contribution in [-0.4, -0.2) is 24.3 Å². The molecular weight excluding hydrogens is 284 g/mol. The van der Waals surface area contributed by atoms with Gasteiger partial charge >= 0.3 is 0 Å². The van der Waals surface area contributed by atoms with Gasteiger partial charge in [0.05, 0.1) is 5.69 Å². The maximum atomic E-state index is 12.1. The highest BCUT2D eigenvalue weighted by Crippen LogP contribution is 2.32. The van der Waals surface area contributed by atoms with Gasteiger partial charge in [0.2, 0.25) is 5.91 Å². The van der Waals surface area contributed by atoms with E-state index < -0.39 is 0 Å². The number of nitrogens with one attached hydrogen (secondary N) is 1. The maximum absolute atomic E-state index is 12.1. The Bertz CT molecular complexity index is 674. The zero-order valence-corrected chi connectivity index (χ0v) is 12.6. The van der Waals surface area contributed by atoms with Crippen molar-refractivity contribution in [3.8, 4) is 11.5 Å². The van der Waals surface area contributed by atoms with E-state index in [4.69, 9.17) is 14.0 Å². The summed E-state index contributed by atoms with van der Waals surface area (Å²) in [6.45, 7) is 4.81. The topological polar surface area (TPSA) is 73.6 Å². The molecule has 1 aromatic carbocycles. The molecule has 2 aromatic rings. The van der Waals surface area contributed by atoms with Gasteiger partial charge in [-0.2, -0.15) is 0 Å². The molecule has 6 heteroatoms. The van der Waals surface area contributed by atoms with Gasteiger partial charge < -0.3 is 19.3 Å². The van der Waals surface area contributed by atoms with Gasteiger partial charge in [0.15, 0.2) is 11.5 Å². The fourth-order valence-corrected chi connectivity index (χ4v) is 2.44. The summed E-state index contributed by atoms with van der Waals surface area (Å²) in [5.74, 6) is 2.08. The number of benzene rings is 1. The van der Waals surface area contributed by atoms with Gasteiger partial charge in [-0.25, -0.2) is 0 Å². The van der Waals surface area contributed by atoms with Crippen molar-refractivity contribution in [3.05, 3.63) is 35.2 Å². The fourth-order valence-electron chi connectivity index (χ4n) is 2.44. The van der Waals surface area contributed by atoms with Gasteiger partial charge in [-0.15, -0.1) is 0 Å². The largest absolute Gasteiger partial charge is 0.486 e. The van der Waals surface area contributed by atoms with Crippen LogP contribution in [-0.2, 0) is 11.2 Å². The first-order valence-corrected chi connectivity index (χ1v) is 7.25. The summed E-state index contributed by atoms with van der Waals surface area (Å²) in [4.78, 5) is 12.1. The average Bonchev–Trinajstić information content (AvgIpc) is 2.84. The number of fused-ring (bicyclic) bond motifs is 1. The molecule has 116 valence electrons. The highest BCUT2D eigenvalue weighted by atomic mass is 16.6. The van der Waals surface area contributed by atoms with Crippen LogP contribution < -0.4 is 14.8 Å². The quantitative estimate of drug-likeness (QED) is 0.940. The van der Waals surface area contributed by atoms with Gasteiger partial charge in [-0.1, -0.05) is 5.16 Å². The summed E-state index contributed by atoms with van der Waals surface area (Å²) in [5.41, 5.74) is 2.54. The third kappa shape index (κ3) is 3.05. The van der Waals surface area contributed by atoms with Crippen LogP contribution >= 0.6 is 0 Å². The van der Waals surface area contributed by atoms with E-state index in [1.807, 2.05) is 13.8 Å². The fraction of sp³-hybridized carbons (Fsp3) is 0.375. The molecule has 0 saturated heterocycles. The zero-order valence-electron chi connectivity index (χ0n) is 12.6. The number of anilines is 1. The van der Waals surface area contributed by atoms with Crippen LogP contribution in [0.15, 0.2) is 22.7 Å². The number of aryl methyl sites for hydroxylation is 2. The summed E-state index contributed by atoms with van der Waals surface area (Å²) in [6, 6.07) is 5.39. The van der Waals surface area contributed by atoms with E-state index in [1.54, 1.807) is 18.2 Å². The highest BCUT2D eigenvalue weighted by molar-refractivity contribution is 5.91. The lowest BCUT2D eigenvalue weighted by molar-refractivity contribution is -0.116. The smallest absolute Gasteiger partial charge is 0.224 e. The number of rotatable bonds is 4. The van der Waals surface area contributed by atoms with E-state index in [0.717, 1.165) is 17.0 Å². The number of ether oxygens (including phenoxy) is 2. The van der Waals surface area contributed by atoms with Crippen molar-refractivity contribution in [2.45, 2.75) is 26.7 Å². The lowest BCUT2D eigenvalue weighted by Crippen LogP contribution is -2.16. The maximum Gasteiger partial charge on any atom is 0.224 e. The van der Waals surface area contributed by atoms with E-state index in [-0.39, 0.29) is 5.91 Å². The second-order valence-electron chi connectivity index (χ2n) is 5.21. The van der Waals surface area contributed by atoms with Crippen molar-refractivity contribution in [1.82, 2.24) is 5.16 Å². The van der Waals surface area contributed by atoms with Gasteiger partial charge in [0.1, 0.15) is 19.0 Å². The Morgan fingerprint density at radius 1 is 1.23 bits per heavy atom. The third-order valence-electron chi connectivity index (χ3n) is 3.61. The molecule has 22 heavy (non-hydrogen) atoms. The van der Waals surface area contributed by atoms with Gasteiger partial charge in [0.25, 0.3) is 0 Å². The molecule has 1 aliphatic rings. The summed E-state index contributed by atoms with van der Waals surface area (Å²) < 4.78 is 16.0. The number of hydrogen-bond acceptors (Lipinski definition) is 5. The van der Waals surface area contributed by atoms with Crippen LogP contribution in [0, 0.1) is 13.8 Å². The molecule has 2 heterocycles. The first-order chi connectivity index (χ1) is 10.6. The van der Waals surface area contributed by atoms with Gasteiger partial charge in [0, 0.05) is 23.7 Å². The van der Waals surface area contributed by atoms with Crippen LogP contribution in [0.5, 0.6) is 11.5 Å². The Balaban J connectivity index is 1.60. The number of hydrogen-bond donors (Lipinski definition) is 1. The van der Waals surface area contributed by atoms with Crippen LogP contribution in [0.2, 0.25) is 0 Å². The molecule has 0 saturated carbocycles. The van der Waals surface area contributed by atoms with Crippen molar-refractivity contribution in [3.63, 3.8) is 0 Å². The third-order valence-corrected chi connectivity index (χ3v) is 3.61. The summed E-state index contributed by atoms with van der Waals surface area (Å²) in [6.07, 6.45) is 0.981. The summed E-state index contributed by atoms with van der Waals surface area (Å²) in [7, 11) is 0. The summed E-state index contributed by atoms with van der Waals surface area (Å²) >= 11 is 0. The first-order valence-electron chi connectivity index (χ1n) is 7.25. The monoisotopic (exact) mass is 302 g/mol. The molecule has 1 aromatic heterocycles. The van der Waals surface area contributed by atoms with Crippen molar-refractivity contribution >= 4 is 11.6 Å². The molecular formula is C16H18N2O4. The van der Waals surface area contributed by atoms with Crippen molar-refractivity contribution in [1.29, 1.82) is 0 Å². The highest BCUT2D eigenvalue weighted by Gasteiger charge is 2.14. The molecule has 0 fully saturated rings. The number of amides is 1. The van der Waals surface area contributed by atoms with Gasteiger partial charge in [-0.05, 0) is 32.4 Å². The number of carbonyl (C=O) groups is 1. The molecule has 1 aliphatic heterocycles. The molecule has 0 aliphatic carbocycles. The lowest BCUT2D eigenvalue weighted by Gasteiger charge is -2.19. The minimum Gasteiger partial charge on any atom is -0.486 e. The van der Waals surface area contributed by atoms with E-state index in [1.165, 1.54) is 0 Å². The molecule has 1 N–H and O–H groups in total. The SMILES string of the molecule is Cc1noc(C)c1CCC(=O)Nc1ccc2c(c1)OCCO2. The van der Waals surface area contributed by atoms with E-state index in [9.17, 15) is 4.79 Å².